The lowest BCUT2D eigenvalue weighted by Gasteiger charge is -2.46. The van der Waals surface area contributed by atoms with Gasteiger partial charge in [0.1, 0.15) is 4.60 Å². The molecule has 1 aromatic heterocycles. The minimum Gasteiger partial charge on any atom is -0.376 e. The number of ether oxygens (including phenoxy) is 1. The maximum absolute atomic E-state index is 5.40. The molecule has 0 amide bonds. The number of halogens is 1. The molecule has 1 fully saturated rings. The van der Waals surface area contributed by atoms with Gasteiger partial charge in [0, 0.05) is 32.9 Å². The Bertz CT molecular complexity index is 350. The SMILES string of the molecule is COC1(C)CN(Cc2ccnc(Br)c2)C1. The van der Waals surface area contributed by atoms with Crippen LogP contribution in [-0.2, 0) is 11.3 Å². The molecule has 1 aliphatic rings. The quantitative estimate of drug-likeness (QED) is 0.787. The van der Waals surface area contributed by atoms with Crippen molar-refractivity contribution in [2.75, 3.05) is 20.2 Å². The second kappa shape index (κ2) is 4.20. The lowest BCUT2D eigenvalue weighted by molar-refractivity contribution is -0.114. The number of pyridine rings is 1. The van der Waals surface area contributed by atoms with E-state index in [9.17, 15) is 0 Å². The van der Waals surface area contributed by atoms with Gasteiger partial charge in [-0.25, -0.2) is 4.98 Å². The zero-order valence-electron chi connectivity index (χ0n) is 9.03. The molecule has 0 N–H and O–H groups in total. The molecule has 0 aliphatic carbocycles. The monoisotopic (exact) mass is 270 g/mol. The predicted octanol–water partition coefficient (Wildman–Crippen LogP) is 2.06. The van der Waals surface area contributed by atoms with E-state index in [-0.39, 0.29) is 5.60 Å². The summed E-state index contributed by atoms with van der Waals surface area (Å²) in [5, 5.41) is 0. The smallest absolute Gasteiger partial charge is 0.106 e. The van der Waals surface area contributed by atoms with Gasteiger partial charge >= 0.3 is 0 Å². The molecule has 0 spiro atoms. The first-order valence-corrected chi connectivity index (χ1v) is 5.78. The fraction of sp³-hybridized carbons (Fsp3) is 0.545. The molecule has 0 radical (unpaired) electrons. The van der Waals surface area contributed by atoms with Gasteiger partial charge in [-0.15, -0.1) is 0 Å². The predicted molar refractivity (Wildman–Crippen MR) is 62.6 cm³/mol. The first-order chi connectivity index (χ1) is 7.11. The van der Waals surface area contributed by atoms with E-state index in [1.807, 2.05) is 12.3 Å². The van der Waals surface area contributed by atoms with Gasteiger partial charge in [-0.3, -0.25) is 4.90 Å². The normalized spacial score (nSPS) is 19.9. The minimum atomic E-state index is 0.0598. The van der Waals surface area contributed by atoms with Crippen LogP contribution in [0.4, 0.5) is 0 Å². The van der Waals surface area contributed by atoms with Crippen LogP contribution in [0.3, 0.4) is 0 Å². The van der Waals surface area contributed by atoms with Crippen molar-refractivity contribution in [2.45, 2.75) is 19.1 Å². The molecule has 1 aromatic rings. The molecule has 2 heterocycles. The Morgan fingerprint density at radius 1 is 1.60 bits per heavy atom. The number of likely N-dealkylation sites (tertiary alicyclic amines) is 1. The molecule has 0 bridgehead atoms. The third-order valence-corrected chi connectivity index (χ3v) is 3.24. The zero-order valence-corrected chi connectivity index (χ0v) is 10.6. The van der Waals surface area contributed by atoms with Crippen molar-refractivity contribution in [2.24, 2.45) is 0 Å². The molecule has 0 unspecified atom stereocenters. The van der Waals surface area contributed by atoms with E-state index in [2.05, 4.69) is 38.8 Å². The maximum atomic E-state index is 5.40. The summed E-state index contributed by atoms with van der Waals surface area (Å²) in [5.74, 6) is 0. The molecule has 15 heavy (non-hydrogen) atoms. The number of nitrogens with zero attached hydrogens (tertiary/aromatic N) is 2. The molecule has 3 nitrogen and oxygen atoms in total. The summed E-state index contributed by atoms with van der Waals surface area (Å²) >= 11 is 3.37. The Labute approximate surface area is 98.6 Å². The highest BCUT2D eigenvalue weighted by atomic mass is 79.9. The Balaban J connectivity index is 1.90. The van der Waals surface area contributed by atoms with E-state index in [4.69, 9.17) is 4.74 Å². The van der Waals surface area contributed by atoms with Crippen molar-refractivity contribution in [1.82, 2.24) is 9.88 Å². The summed E-state index contributed by atoms with van der Waals surface area (Å²) < 4.78 is 6.30. The highest BCUT2D eigenvalue weighted by Gasteiger charge is 2.38. The maximum Gasteiger partial charge on any atom is 0.106 e. The van der Waals surface area contributed by atoms with Crippen LogP contribution in [0, 0.1) is 0 Å². The Kier molecular flexibility index (Phi) is 3.09. The molecule has 0 aromatic carbocycles. The summed E-state index contributed by atoms with van der Waals surface area (Å²) in [7, 11) is 1.78. The van der Waals surface area contributed by atoms with Crippen LogP contribution in [-0.4, -0.2) is 35.7 Å². The van der Waals surface area contributed by atoms with Crippen molar-refractivity contribution in [3.8, 4) is 0 Å². The van der Waals surface area contributed by atoms with Crippen LogP contribution in [0.2, 0.25) is 0 Å². The van der Waals surface area contributed by atoms with Crippen LogP contribution in [0.1, 0.15) is 12.5 Å². The Morgan fingerprint density at radius 2 is 2.33 bits per heavy atom. The van der Waals surface area contributed by atoms with Gasteiger partial charge in [-0.1, -0.05) is 0 Å². The van der Waals surface area contributed by atoms with Gasteiger partial charge in [-0.05, 0) is 40.5 Å². The van der Waals surface area contributed by atoms with E-state index in [1.54, 1.807) is 7.11 Å². The fourth-order valence-corrected chi connectivity index (χ4v) is 2.35. The van der Waals surface area contributed by atoms with E-state index < -0.39 is 0 Å². The summed E-state index contributed by atoms with van der Waals surface area (Å²) in [6.45, 7) is 5.12. The molecule has 0 saturated carbocycles. The summed E-state index contributed by atoms with van der Waals surface area (Å²) in [4.78, 5) is 6.48. The first-order valence-electron chi connectivity index (χ1n) is 4.99. The van der Waals surface area contributed by atoms with Crippen molar-refractivity contribution in [1.29, 1.82) is 0 Å². The molecule has 82 valence electrons. The second-order valence-corrected chi connectivity index (χ2v) is 5.10. The lowest BCUT2D eigenvalue weighted by atomic mass is 9.96. The Hall–Kier alpha value is -0.450. The highest BCUT2D eigenvalue weighted by molar-refractivity contribution is 9.10. The van der Waals surface area contributed by atoms with Crippen LogP contribution in [0.15, 0.2) is 22.9 Å². The fourth-order valence-electron chi connectivity index (χ4n) is 1.94. The Morgan fingerprint density at radius 3 is 2.93 bits per heavy atom. The number of rotatable bonds is 3. The van der Waals surface area contributed by atoms with Crippen LogP contribution < -0.4 is 0 Å². The molecule has 1 saturated heterocycles. The van der Waals surface area contributed by atoms with Crippen LogP contribution >= 0.6 is 15.9 Å². The lowest BCUT2D eigenvalue weighted by Crippen LogP contribution is -2.60. The van der Waals surface area contributed by atoms with Crippen LogP contribution in [0.25, 0.3) is 0 Å². The molecule has 1 aliphatic heterocycles. The van der Waals surface area contributed by atoms with Crippen molar-refractivity contribution in [3.05, 3.63) is 28.5 Å². The molecular weight excluding hydrogens is 256 g/mol. The zero-order chi connectivity index (χ0) is 10.9. The standard InChI is InChI=1S/C11H15BrN2O/c1-11(15-2)7-14(8-11)6-9-3-4-13-10(12)5-9/h3-5H,6-8H2,1-2H3. The second-order valence-electron chi connectivity index (χ2n) is 4.29. The molecule has 2 rings (SSSR count). The van der Waals surface area contributed by atoms with E-state index in [0.717, 1.165) is 24.2 Å². The average Bonchev–Trinajstić information content (AvgIpc) is 2.15. The van der Waals surface area contributed by atoms with Gasteiger partial charge in [0.2, 0.25) is 0 Å². The third-order valence-electron chi connectivity index (χ3n) is 2.81. The van der Waals surface area contributed by atoms with Gasteiger partial charge in [-0.2, -0.15) is 0 Å². The van der Waals surface area contributed by atoms with E-state index >= 15 is 0 Å². The molecular formula is C11H15BrN2O. The summed E-state index contributed by atoms with van der Waals surface area (Å²) in [5.41, 5.74) is 1.35. The van der Waals surface area contributed by atoms with Gasteiger partial charge in [0.05, 0.1) is 5.60 Å². The minimum absolute atomic E-state index is 0.0598. The molecule has 4 heteroatoms. The third kappa shape index (κ3) is 2.56. The highest BCUT2D eigenvalue weighted by Crippen LogP contribution is 2.25. The van der Waals surface area contributed by atoms with Gasteiger partial charge in [0.15, 0.2) is 0 Å². The number of hydrogen-bond donors (Lipinski definition) is 0. The topological polar surface area (TPSA) is 25.4 Å². The van der Waals surface area contributed by atoms with Gasteiger partial charge < -0.3 is 4.74 Å². The van der Waals surface area contributed by atoms with E-state index in [1.165, 1.54) is 5.56 Å². The van der Waals surface area contributed by atoms with Crippen molar-refractivity contribution in [3.63, 3.8) is 0 Å². The van der Waals surface area contributed by atoms with E-state index in [0.29, 0.717) is 0 Å². The molecule has 0 atom stereocenters. The number of methoxy groups -OCH3 is 1. The van der Waals surface area contributed by atoms with Crippen molar-refractivity contribution >= 4 is 15.9 Å². The summed E-state index contributed by atoms with van der Waals surface area (Å²) in [6.07, 6.45) is 1.83. The summed E-state index contributed by atoms with van der Waals surface area (Å²) in [6, 6.07) is 4.11. The van der Waals surface area contributed by atoms with Crippen molar-refractivity contribution < 1.29 is 4.74 Å². The first kappa shape index (κ1) is 11.0. The number of hydrogen-bond acceptors (Lipinski definition) is 3. The number of aromatic nitrogens is 1. The average molecular weight is 271 g/mol. The van der Waals surface area contributed by atoms with Crippen LogP contribution in [0.5, 0.6) is 0 Å². The van der Waals surface area contributed by atoms with Gasteiger partial charge in [0.25, 0.3) is 0 Å². The largest absolute Gasteiger partial charge is 0.376 e.